The molecule has 0 bridgehead atoms. The topological polar surface area (TPSA) is 56.1 Å². The fourth-order valence-corrected chi connectivity index (χ4v) is 2.86. The molecule has 1 aliphatic rings. The largest absolute Gasteiger partial charge is 0.383 e. The molecule has 5 nitrogen and oxygen atoms in total. The average molecular weight is 287 g/mol. The minimum Gasteiger partial charge on any atom is -0.383 e. The molecule has 1 atom stereocenters. The van der Waals surface area contributed by atoms with E-state index < -0.39 is 0 Å². The lowest BCUT2D eigenvalue weighted by atomic mass is 10.0. The van der Waals surface area contributed by atoms with Gasteiger partial charge in [-0.25, -0.2) is 4.98 Å². The fraction of sp³-hybridized carbons (Fsp3) is 0.500. The van der Waals surface area contributed by atoms with Gasteiger partial charge in [0, 0.05) is 32.2 Å². The van der Waals surface area contributed by atoms with Crippen LogP contribution in [0.4, 0.5) is 0 Å². The third-order valence-electron chi connectivity index (χ3n) is 4.06. The maximum Gasteiger partial charge on any atom is 0.251 e. The molecular weight excluding hydrogens is 266 g/mol. The number of aryl methyl sites for hydroxylation is 1. The van der Waals surface area contributed by atoms with Crippen LogP contribution in [0.1, 0.15) is 29.5 Å². The number of nitrogens with zero attached hydrogens (tertiary/aromatic N) is 2. The van der Waals surface area contributed by atoms with Gasteiger partial charge in [-0.15, -0.1) is 0 Å². The van der Waals surface area contributed by atoms with Gasteiger partial charge in [0.1, 0.15) is 5.82 Å². The Labute approximate surface area is 124 Å². The summed E-state index contributed by atoms with van der Waals surface area (Å²) >= 11 is 0. The standard InChI is InChI=1S/C16H21N3O2/c1-11-5-7-19-14-4-3-12(16(20)17-6-8-21-2)10-13(14)18-15(19)9-11/h3-4,10-11H,5-9H2,1-2H3,(H,17,20). The van der Waals surface area contributed by atoms with E-state index in [2.05, 4.69) is 16.8 Å². The van der Waals surface area contributed by atoms with Gasteiger partial charge in [0.05, 0.1) is 17.6 Å². The maximum atomic E-state index is 12.1. The van der Waals surface area contributed by atoms with Crippen molar-refractivity contribution in [3.8, 4) is 0 Å². The first kappa shape index (κ1) is 14.1. The number of carbonyl (C=O) groups excluding carboxylic acids is 1. The molecule has 1 N–H and O–H groups in total. The molecule has 1 aromatic carbocycles. The zero-order chi connectivity index (χ0) is 14.8. The minimum absolute atomic E-state index is 0.0757. The highest BCUT2D eigenvalue weighted by atomic mass is 16.5. The number of carbonyl (C=O) groups is 1. The molecule has 0 fully saturated rings. The summed E-state index contributed by atoms with van der Waals surface area (Å²) in [6, 6.07) is 5.76. The van der Waals surface area contributed by atoms with Crippen molar-refractivity contribution < 1.29 is 9.53 Å². The Hall–Kier alpha value is -1.88. The van der Waals surface area contributed by atoms with E-state index in [-0.39, 0.29) is 5.91 Å². The molecular formula is C16H21N3O2. The van der Waals surface area contributed by atoms with Crippen LogP contribution in [-0.4, -0.2) is 35.7 Å². The minimum atomic E-state index is -0.0757. The molecule has 0 saturated carbocycles. The zero-order valence-electron chi connectivity index (χ0n) is 12.6. The number of imidazole rings is 1. The van der Waals surface area contributed by atoms with Crippen LogP contribution in [0.5, 0.6) is 0 Å². The molecule has 1 aliphatic heterocycles. The van der Waals surface area contributed by atoms with E-state index in [1.54, 1.807) is 7.11 Å². The quantitative estimate of drug-likeness (QED) is 0.875. The number of fused-ring (bicyclic) bond motifs is 3. The SMILES string of the molecule is COCCNC(=O)c1ccc2c(c1)nc1n2CCC(C)C1. The monoisotopic (exact) mass is 287 g/mol. The molecule has 0 aliphatic carbocycles. The summed E-state index contributed by atoms with van der Waals surface area (Å²) < 4.78 is 7.21. The van der Waals surface area contributed by atoms with Gasteiger partial charge in [0.25, 0.3) is 5.91 Å². The van der Waals surface area contributed by atoms with Crippen molar-refractivity contribution >= 4 is 16.9 Å². The Bertz CT molecular complexity index is 663. The van der Waals surface area contributed by atoms with Gasteiger partial charge in [-0.05, 0) is 30.5 Å². The summed E-state index contributed by atoms with van der Waals surface area (Å²) in [7, 11) is 1.62. The molecule has 1 amide bonds. The fourth-order valence-electron chi connectivity index (χ4n) is 2.86. The summed E-state index contributed by atoms with van der Waals surface area (Å²) in [5.41, 5.74) is 2.70. The molecule has 21 heavy (non-hydrogen) atoms. The van der Waals surface area contributed by atoms with Gasteiger partial charge >= 0.3 is 0 Å². The van der Waals surface area contributed by atoms with Gasteiger partial charge in [0.2, 0.25) is 0 Å². The average Bonchev–Trinajstić information content (AvgIpc) is 2.83. The predicted octanol–water partition coefficient (Wildman–Crippen LogP) is 1.99. The summed E-state index contributed by atoms with van der Waals surface area (Å²) in [4.78, 5) is 16.8. The van der Waals surface area contributed by atoms with E-state index in [1.807, 2.05) is 18.2 Å². The molecule has 2 aromatic rings. The first-order valence-corrected chi connectivity index (χ1v) is 7.45. The Morgan fingerprint density at radius 2 is 2.38 bits per heavy atom. The number of rotatable bonds is 4. The Morgan fingerprint density at radius 1 is 1.52 bits per heavy atom. The highest BCUT2D eigenvalue weighted by molar-refractivity contribution is 5.97. The number of aromatic nitrogens is 2. The van der Waals surface area contributed by atoms with Crippen molar-refractivity contribution in [3.05, 3.63) is 29.6 Å². The highest BCUT2D eigenvalue weighted by Crippen LogP contribution is 2.25. The van der Waals surface area contributed by atoms with Crippen molar-refractivity contribution in [2.75, 3.05) is 20.3 Å². The van der Waals surface area contributed by atoms with Gasteiger partial charge in [0.15, 0.2) is 0 Å². The number of benzene rings is 1. The third-order valence-corrected chi connectivity index (χ3v) is 4.06. The van der Waals surface area contributed by atoms with Crippen molar-refractivity contribution in [3.63, 3.8) is 0 Å². The first-order valence-electron chi connectivity index (χ1n) is 7.45. The molecule has 0 spiro atoms. The van der Waals surface area contributed by atoms with Crippen molar-refractivity contribution in [2.45, 2.75) is 26.3 Å². The van der Waals surface area contributed by atoms with E-state index in [0.29, 0.717) is 24.6 Å². The Kier molecular flexibility index (Phi) is 3.92. The lowest BCUT2D eigenvalue weighted by Gasteiger charge is -2.19. The number of nitrogens with one attached hydrogen (secondary N) is 1. The Balaban J connectivity index is 1.85. The predicted molar refractivity (Wildman–Crippen MR) is 81.4 cm³/mol. The lowest BCUT2D eigenvalue weighted by molar-refractivity contribution is 0.0937. The zero-order valence-corrected chi connectivity index (χ0v) is 12.6. The molecule has 0 radical (unpaired) electrons. The van der Waals surface area contributed by atoms with Crippen LogP contribution in [0.3, 0.4) is 0 Å². The first-order chi connectivity index (χ1) is 10.2. The van der Waals surface area contributed by atoms with E-state index in [0.717, 1.165) is 29.8 Å². The van der Waals surface area contributed by atoms with Gasteiger partial charge in [-0.2, -0.15) is 0 Å². The second-order valence-electron chi connectivity index (χ2n) is 5.73. The maximum absolute atomic E-state index is 12.1. The van der Waals surface area contributed by atoms with Crippen molar-refractivity contribution in [1.29, 1.82) is 0 Å². The second kappa shape index (κ2) is 5.85. The van der Waals surface area contributed by atoms with E-state index in [1.165, 1.54) is 6.42 Å². The van der Waals surface area contributed by atoms with E-state index >= 15 is 0 Å². The number of hydrogen-bond donors (Lipinski definition) is 1. The highest BCUT2D eigenvalue weighted by Gasteiger charge is 2.19. The van der Waals surface area contributed by atoms with Crippen molar-refractivity contribution in [2.24, 2.45) is 5.92 Å². The summed E-state index contributed by atoms with van der Waals surface area (Å²) in [5.74, 6) is 1.75. The lowest BCUT2D eigenvalue weighted by Crippen LogP contribution is -2.26. The Morgan fingerprint density at radius 3 is 3.19 bits per heavy atom. The normalized spacial score (nSPS) is 17.7. The molecule has 112 valence electrons. The molecule has 1 aromatic heterocycles. The number of amides is 1. The number of hydrogen-bond acceptors (Lipinski definition) is 3. The van der Waals surface area contributed by atoms with Gasteiger partial charge in [-0.1, -0.05) is 6.92 Å². The van der Waals surface area contributed by atoms with Crippen LogP contribution in [0.15, 0.2) is 18.2 Å². The summed E-state index contributed by atoms with van der Waals surface area (Å²) in [6.07, 6.45) is 2.21. The molecule has 5 heteroatoms. The van der Waals surface area contributed by atoms with Gasteiger partial charge < -0.3 is 14.6 Å². The van der Waals surface area contributed by atoms with Gasteiger partial charge in [-0.3, -0.25) is 4.79 Å². The van der Waals surface area contributed by atoms with Crippen LogP contribution >= 0.6 is 0 Å². The van der Waals surface area contributed by atoms with E-state index in [4.69, 9.17) is 9.72 Å². The molecule has 3 rings (SSSR count). The molecule has 1 unspecified atom stereocenters. The number of methoxy groups -OCH3 is 1. The van der Waals surface area contributed by atoms with Crippen molar-refractivity contribution in [1.82, 2.24) is 14.9 Å². The van der Waals surface area contributed by atoms with Crippen LogP contribution in [-0.2, 0) is 17.7 Å². The molecule has 0 saturated heterocycles. The van der Waals surface area contributed by atoms with Crippen LogP contribution in [0.2, 0.25) is 0 Å². The van der Waals surface area contributed by atoms with Crippen LogP contribution in [0.25, 0.3) is 11.0 Å². The number of ether oxygens (including phenoxy) is 1. The summed E-state index contributed by atoms with van der Waals surface area (Å²) in [5, 5.41) is 2.83. The second-order valence-corrected chi connectivity index (χ2v) is 5.73. The van der Waals surface area contributed by atoms with Crippen LogP contribution < -0.4 is 5.32 Å². The molecule has 2 heterocycles. The van der Waals surface area contributed by atoms with E-state index in [9.17, 15) is 4.79 Å². The smallest absolute Gasteiger partial charge is 0.251 e. The third kappa shape index (κ3) is 2.78. The van der Waals surface area contributed by atoms with Crippen LogP contribution in [0, 0.1) is 5.92 Å². The summed E-state index contributed by atoms with van der Waals surface area (Å²) in [6.45, 7) is 4.32.